The molecule has 4 nitrogen and oxygen atoms in total. The van der Waals surface area contributed by atoms with E-state index in [1.165, 1.54) is 11.8 Å². The van der Waals surface area contributed by atoms with E-state index < -0.39 is 0 Å². The molecule has 4 atom stereocenters. The Morgan fingerprint density at radius 2 is 2.17 bits per heavy atom. The van der Waals surface area contributed by atoms with E-state index in [0.29, 0.717) is 11.0 Å². The van der Waals surface area contributed by atoms with Gasteiger partial charge in [-0.3, -0.25) is 0 Å². The molecule has 1 rings (SSSR count). The Morgan fingerprint density at radius 1 is 1.50 bits per heavy atom. The fraction of sp³-hybridized carbons (Fsp3) is 0.917. The van der Waals surface area contributed by atoms with Gasteiger partial charge in [0, 0.05) is 6.61 Å². The second kappa shape index (κ2) is 7.65. The minimum absolute atomic E-state index is 0.164. The van der Waals surface area contributed by atoms with Gasteiger partial charge in [0.05, 0.1) is 12.1 Å². The summed E-state index contributed by atoms with van der Waals surface area (Å²) in [6.07, 6.45) is 2.47. The lowest BCUT2D eigenvalue weighted by Gasteiger charge is -2.42. The largest absolute Gasteiger partial charge is 0.468 e. The smallest absolute Gasteiger partial charge is 0.220 e. The van der Waals surface area contributed by atoms with Crippen molar-refractivity contribution in [2.24, 2.45) is 0 Å². The van der Waals surface area contributed by atoms with Gasteiger partial charge in [-0.1, -0.05) is 11.8 Å². The summed E-state index contributed by atoms with van der Waals surface area (Å²) in [4.78, 5) is 2.15. The lowest BCUT2D eigenvalue weighted by atomic mass is 9.99. The second-order valence-corrected chi connectivity index (χ2v) is 5.98. The van der Waals surface area contributed by atoms with Crippen molar-refractivity contribution in [3.05, 3.63) is 0 Å². The Kier molecular flexibility index (Phi) is 6.87. The van der Waals surface area contributed by atoms with E-state index in [4.69, 9.17) is 26.4 Å². The molecule has 0 N–H and O–H groups in total. The number of hydrogen-bond acceptors (Lipinski definition) is 6. The molecule has 0 radical (unpaired) electrons. The third-order valence-corrected chi connectivity index (χ3v) is 4.01. The van der Waals surface area contributed by atoms with Crippen molar-refractivity contribution >= 4 is 28.4 Å². The highest BCUT2D eigenvalue weighted by atomic mass is 32.2. The van der Waals surface area contributed by atoms with Gasteiger partial charge in [0.15, 0.2) is 12.4 Å². The molecular weight excluding hydrogens is 270 g/mol. The van der Waals surface area contributed by atoms with E-state index in [1.807, 2.05) is 27.3 Å². The summed E-state index contributed by atoms with van der Waals surface area (Å²) in [6.45, 7) is 4.62. The molecule has 106 valence electrons. The van der Waals surface area contributed by atoms with Crippen molar-refractivity contribution < 1.29 is 14.2 Å². The zero-order valence-electron chi connectivity index (χ0n) is 11.7. The molecule has 18 heavy (non-hydrogen) atoms. The van der Waals surface area contributed by atoms with E-state index in [9.17, 15) is 0 Å². The van der Waals surface area contributed by atoms with Crippen LogP contribution < -0.4 is 0 Å². The Labute approximate surface area is 119 Å². The van der Waals surface area contributed by atoms with Crippen LogP contribution in [0.3, 0.4) is 0 Å². The van der Waals surface area contributed by atoms with Crippen LogP contribution in [0.4, 0.5) is 0 Å². The van der Waals surface area contributed by atoms with E-state index in [-0.39, 0.29) is 24.5 Å². The van der Waals surface area contributed by atoms with Crippen LogP contribution >= 0.6 is 24.0 Å². The van der Waals surface area contributed by atoms with E-state index >= 15 is 0 Å². The Morgan fingerprint density at radius 3 is 2.67 bits per heavy atom. The molecular formula is C12H23NO3S2. The molecule has 0 amide bonds. The first kappa shape index (κ1) is 16.2. The molecule has 6 heteroatoms. The molecule has 1 aliphatic heterocycles. The van der Waals surface area contributed by atoms with Crippen molar-refractivity contribution in [2.75, 3.05) is 27.0 Å². The lowest BCUT2D eigenvalue weighted by Crippen LogP contribution is -2.55. The number of thioether (sulfide) groups is 1. The molecule has 1 saturated heterocycles. The normalized spacial score (nSPS) is 32.6. The summed E-state index contributed by atoms with van der Waals surface area (Å²) in [5.74, 6) is 0. The lowest BCUT2D eigenvalue weighted by molar-refractivity contribution is -0.245. The van der Waals surface area contributed by atoms with Crippen LogP contribution in [0.2, 0.25) is 0 Å². The molecule has 0 aromatic rings. The molecule has 0 saturated carbocycles. The van der Waals surface area contributed by atoms with Gasteiger partial charge >= 0.3 is 0 Å². The van der Waals surface area contributed by atoms with Crippen LogP contribution in [0.1, 0.15) is 20.3 Å². The van der Waals surface area contributed by atoms with Crippen LogP contribution in [0.15, 0.2) is 0 Å². The third-order valence-electron chi connectivity index (χ3n) is 2.98. The number of rotatable bonds is 4. The summed E-state index contributed by atoms with van der Waals surface area (Å²) in [6, 6.07) is 0.246. The van der Waals surface area contributed by atoms with Crippen LogP contribution in [-0.4, -0.2) is 60.8 Å². The predicted molar refractivity (Wildman–Crippen MR) is 79.0 cm³/mol. The molecule has 0 aliphatic carbocycles. The summed E-state index contributed by atoms with van der Waals surface area (Å²) < 4.78 is 17.8. The average molecular weight is 293 g/mol. The van der Waals surface area contributed by atoms with Crippen molar-refractivity contribution in [3.8, 4) is 0 Å². The first-order valence-electron chi connectivity index (χ1n) is 6.17. The molecule has 0 bridgehead atoms. The topological polar surface area (TPSA) is 30.9 Å². The van der Waals surface area contributed by atoms with Gasteiger partial charge < -0.3 is 19.1 Å². The van der Waals surface area contributed by atoms with Crippen molar-refractivity contribution in [1.82, 2.24) is 4.90 Å². The maximum absolute atomic E-state index is 5.83. The molecule has 1 unspecified atom stereocenters. The SMILES string of the molecule is CCOC1O[C@H](C)C[C@H](N(C)C)[C@H]1OC(=S)SC. The van der Waals surface area contributed by atoms with E-state index in [1.54, 1.807) is 0 Å². The van der Waals surface area contributed by atoms with Crippen LogP contribution in [0.25, 0.3) is 0 Å². The van der Waals surface area contributed by atoms with Gasteiger partial charge in [0.1, 0.15) is 0 Å². The average Bonchev–Trinajstić information content (AvgIpc) is 2.31. The zero-order chi connectivity index (χ0) is 13.7. The number of hydrogen-bond donors (Lipinski definition) is 0. The van der Waals surface area contributed by atoms with Gasteiger partial charge in [-0.15, -0.1) is 0 Å². The zero-order valence-corrected chi connectivity index (χ0v) is 13.3. The summed E-state index contributed by atoms with van der Waals surface area (Å²) >= 11 is 6.59. The third kappa shape index (κ3) is 4.35. The minimum atomic E-state index is -0.351. The van der Waals surface area contributed by atoms with Gasteiger partial charge in [-0.05, 0) is 52.8 Å². The minimum Gasteiger partial charge on any atom is -0.468 e. The highest BCUT2D eigenvalue weighted by Crippen LogP contribution is 2.27. The molecule has 0 aromatic carbocycles. The van der Waals surface area contributed by atoms with Gasteiger partial charge in [-0.2, -0.15) is 0 Å². The maximum Gasteiger partial charge on any atom is 0.220 e. The van der Waals surface area contributed by atoms with Crippen molar-refractivity contribution in [3.63, 3.8) is 0 Å². The number of ether oxygens (including phenoxy) is 3. The van der Waals surface area contributed by atoms with Gasteiger partial charge in [0.25, 0.3) is 0 Å². The summed E-state index contributed by atoms with van der Waals surface area (Å²) in [7, 11) is 4.09. The predicted octanol–water partition coefficient (Wildman–Crippen LogP) is 2.12. The van der Waals surface area contributed by atoms with Crippen molar-refractivity contribution in [1.29, 1.82) is 0 Å². The highest BCUT2D eigenvalue weighted by Gasteiger charge is 2.41. The Balaban J connectivity index is 2.81. The van der Waals surface area contributed by atoms with Crippen LogP contribution in [-0.2, 0) is 14.2 Å². The quantitative estimate of drug-likeness (QED) is 0.738. The number of nitrogens with zero attached hydrogens (tertiary/aromatic N) is 1. The number of thiocarbonyl (C=S) groups is 1. The van der Waals surface area contributed by atoms with Crippen LogP contribution in [0.5, 0.6) is 0 Å². The van der Waals surface area contributed by atoms with Crippen LogP contribution in [0, 0.1) is 0 Å². The first-order chi connectivity index (χ1) is 8.49. The molecule has 1 aliphatic rings. The highest BCUT2D eigenvalue weighted by molar-refractivity contribution is 8.22. The first-order valence-corrected chi connectivity index (χ1v) is 7.81. The molecule has 1 heterocycles. The molecule has 0 aromatic heterocycles. The second-order valence-electron chi connectivity index (χ2n) is 4.57. The number of likely N-dealkylation sites (N-methyl/N-ethyl adjacent to an activating group) is 1. The maximum atomic E-state index is 5.83. The fourth-order valence-corrected chi connectivity index (χ4v) is 2.43. The Bertz CT molecular complexity index is 276. The monoisotopic (exact) mass is 293 g/mol. The fourth-order valence-electron chi connectivity index (χ4n) is 2.11. The molecule has 1 fully saturated rings. The van der Waals surface area contributed by atoms with Gasteiger partial charge in [0.2, 0.25) is 4.38 Å². The van der Waals surface area contributed by atoms with Gasteiger partial charge in [-0.25, -0.2) is 0 Å². The van der Waals surface area contributed by atoms with E-state index in [2.05, 4.69) is 11.8 Å². The van der Waals surface area contributed by atoms with Crippen molar-refractivity contribution in [2.45, 2.75) is 44.8 Å². The summed E-state index contributed by atoms with van der Waals surface area (Å²) in [5.41, 5.74) is 0. The van der Waals surface area contributed by atoms with E-state index in [0.717, 1.165) is 6.42 Å². The standard InChI is InChI=1S/C12H23NO3S2/c1-6-14-11-10(16-12(17)18-5)9(13(3)4)7-8(2)15-11/h8-11H,6-7H2,1-5H3/t8-,9+,10-,11?/m1/s1. The summed E-state index contributed by atoms with van der Waals surface area (Å²) in [5, 5.41) is 0. The molecule has 0 spiro atoms. The Hall–Kier alpha value is 0.120.